The van der Waals surface area contributed by atoms with Crippen LogP contribution < -0.4 is 10.6 Å². The normalized spacial score (nSPS) is 11.7. The van der Waals surface area contributed by atoms with Gasteiger partial charge < -0.3 is 15.7 Å². The molecule has 3 N–H and O–H groups in total. The Labute approximate surface area is 113 Å². The van der Waals surface area contributed by atoms with E-state index in [1.807, 2.05) is 26.0 Å². The highest BCUT2D eigenvalue weighted by molar-refractivity contribution is 5.96. The third-order valence-corrected chi connectivity index (χ3v) is 2.80. The molecule has 1 aromatic rings. The van der Waals surface area contributed by atoms with Crippen molar-refractivity contribution in [2.45, 2.75) is 26.3 Å². The minimum atomic E-state index is -0.304. The third-order valence-electron chi connectivity index (χ3n) is 2.80. The van der Waals surface area contributed by atoms with Gasteiger partial charge in [-0.1, -0.05) is 24.6 Å². The van der Waals surface area contributed by atoms with Gasteiger partial charge in [0.1, 0.15) is 0 Å². The summed E-state index contributed by atoms with van der Waals surface area (Å²) in [5.74, 6) is -0.589. The van der Waals surface area contributed by atoms with Gasteiger partial charge in [-0.3, -0.25) is 9.59 Å². The van der Waals surface area contributed by atoms with Crippen LogP contribution in [0.15, 0.2) is 24.3 Å². The second-order valence-corrected chi connectivity index (χ2v) is 4.40. The molecule has 0 saturated heterocycles. The van der Waals surface area contributed by atoms with E-state index in [0.29, 0.717) is 12.0 Å². The van der Waals surface area contributed by atoms with Crippen molar-refractivity contribution >= 4 is 11.8 Å². The summed E-state index contributed by atoms with van der Waals surface area (Å²) < 4.78 is 0. The lowest BCUT2D eigenvalue weighted by atomic mass is 10.1. The van der Waals surface area contributed by atoms with E-state index < -0.39 is 0 Å². The number of rotatable bonds is 6. The Morgan fingerprint density at radius 3 is 2.42 bits per heavy atom. The molecule has 1 aromatic carbocycles. The third kappa shape index (κ3) is 5.09. The number of aliphatic hydroxyl groups excluding tert-OH is 1. The van der Waals surface area contributed by atoms with Gasteiger partial charge in [0.2, 0.25) is 5.91 Å². The summed E-state index contributed by atoms with van der Waals surface area (Å²) in [4.78, 5) is 23.3. The smallest absolute Gasteiger partial charge is 0.251 e. The number of amides is 2. The summed E-state index contributed by atoms with van der Waals surface area (Å²) in [6, 6.07) is 6.85. The van der Waals surface area contributed by atoms with E-state index in [1.165, 1.54) is 0 Å². The fourth-order valence-electron chi connectivity index (χ4n) is 1.52. The molecule has 1 atom stereocenters. The number of aryl methyl sites for hydroxylation is 1. The van der Waals surface area contributed by atoms with E-state index in [1.54, 1.807) is 12.1 Å². The first-order valence-electron chi connectivity index (χ1n) is 6.32. The van der Waals surface area contributed by atoms with Crippen molar-refractivity contribution in [1.29, 1.82) is 0 Å². The van der Waals surface area contributed by atoms with Crippen molar-refractivity contribution in [3.63, 3.8) is 0 Å². The Morgan fingerprint density at radius 1 is 1.26 bits per heavy atom. The number of carbonyl (C=O) groups excluding carboxylic acids is 2. The van der Waals surface area contributed by atoms with Crippen LogP contribution in [0, 0.1) is 6.92 Å². The molecule has 0 fully saturated rings. The van der Waals surface area contributed by atoms with Crippen LogP contribution in [-0.4, -0.2) is 36.1 Å². The maximum atomic E-state index is 11.7. The van der Waals surface area contributed by atoms with Gasteiger partial charge in [0.15, 0.2) is 0 Å². The van der Waals surface area contributed by atoms with Crippen molar-refractivity contribution < 1.29 is 14.7 Å². The maximum absolute atomic E-state index is 11.7. The maximum Gasteiger partial charge on any atom is 0.251 e. The fraction of sp³-hybridized carbons (Fsp3) is 0.429. The number of aliphatic hydroxyl groups is 1. The van der Waals surface area contributed by atoms with Crippen molar-refractivity contribution in [3.8, 4) is 0 Å². The fourth-order valence-corrected chi connectivity index (χ4v) is 1.52. The minimum Gasteiger partial charge on any atom is -0.394 e. The molecule has 0 radical (unpaired) electrons. The van der Waals surface area contributed by atoms with E-state index in [9.17, 15) is 9.59 Å². The summed E-state index contributed by atoms with van der Waals surface area (Å²) in [5, 5.41) is 14.1. The van der Waals surface area contributed by atoms with Crippen molar-refractivity contribution in [3.05, 3.63) is 35.4 Å². The van der Waals surface area contributed by atoms with Crippen LogP contribution >= 0.6 is 0 Å². The highest BCUT2D eigenvalue weighted by Crippen LogP contribution is 2.02. The predicted octanol–water partition coefficient (Wildman–Crippen LogP) is 0.612. The molecule has 5 heteroatoms. The zero-order chi connectivity index (χ0) is 14.3. The van der Waals surface area contributed by atoms with Crippen LogP contribution in [0.3, 0.4) is 0 Å². The van der Waals surface area contributed by atoms with Crippen LogP contribution in [0.1, 0.15) is 29.3 Å². The molecule has 0 saturated carbocycles. The van der Waals surface area contributed by atoms with Gasteiger partial charge >= 0.3 is 0 Å². The molecule has 0 spiro atoms. The van der Waals surface area contributed by atoms with Gasteiger partial charge in [0, 0.05) is 5.56 Å². The van der Waals surface area contributed by atoms with Crippen LogP contribution in [0.25, 0.3) is 0 Å². The zero-order valence-corrected chi connectivity index (χ0v) is 11.3. The number of hydrogen-bond acceptors (Lipinski definition) is 3. The summed E-state index contributed by atoms with van der Waals surface area (Å²) >= 11 is 0. The minimum absolute atomic E-state index is 0.0940. The predicted molar refractivity (Wildman–Crippen MR) is 72.8 cm³/mol. The lowest BCUT2D eigenvalue weighted by Crippen LogP contribution is -2.43. The highest BCUT2D eigenvalue weighted by Gasteiger charge is 2.11. The largest absolute Gasteiger partial charge is 0.394 e. The summed E-state index contributed by atoms with van der Waals surface area (Å²) in [6.45, 7) is 3.61. The molecular weight excluding hydrogens is 244 g/mol. The molecule has 0 bridgehead atoms. The second kappa shape index (κ2) is 7.53. The molecule has 0 unspecified atom stereocenters. The summed E-state index contributed by atoms with van der Waals surface area (Å²) in [5.41, 5.74) is 1.59. The van der Waals surface area contributed by atoms with Crippen molar-refractivity contribution in [2.24, 2.45) is 0 Å². The van der Waals surface area contributed by atoms with Crippen LogP contribution in [0.4, 0.5) is 0 Å². The van der Waals surface area contributed by atoms with Gasteiger partial charge in [-0.15, -0.1) is 0 Å². The molecule has 104 valence electrons. The van der Waals surface area contributed by atoms with Gasteiger partial charge in [0.25, 0.3) is 5.91 Å². The first-order valence-corrected chi connectivity index (χ1v) is 6.32. The Kier molecular flexibility index (Phi) is 6.02. The highest BCUT2D eigenvalue weighted by atomic mass is 16.3. The van der Waals surface area contributed by atoms with Crippen LogP contribution in [0.2, 0.25) is 0 Å². The summed E-state index contributed by atoms with van der Waals surface area (Å²) in [7, 11) is 0. The van der Waals surface area contributed by atoms with E-state index in [-0.39, 0.29) is 31.0 Å². The van der Waals surface area contributed by atoms with Gasteiger partial charge in [-0.25, -0.2) is 0 Å². The van der Waals surface area contributed by atoms with E-state index >= 15 is 0 Å². The standard InChI is InChI=1S/C14H20N2O3/c1-3-12(9-17)16-13(18)8-15-14(19)11-6-4-10(2)5-7-11/h4-7,12,17H,3,8-9H2,1-2H3,(H,15,19)(H,16,18)/t12-/m0/s1. The number of benzene rings is 1. The molecule has 0 aliphatic heterocycles. The van der Waals surface area contributed by atoms with Crippen molar-refractivity contribution in [2.75, 3.05) is 13.2 Å². The first-order chi connectivity index (χ1) is 9.06. The molecule has 19 heavy (non-hydrogen) atoms. The number of carbonyl (C=O) groups is 2. The van der Waals surface area contributed by atoms with Gasteiger partial charge in [-0.2, -0.15) is 0 Å². The zero-order valence-electron chi connectivity index (χ0n) is 11.3. The molecule has 1 rings (SSSR count). The second-order valence-electron chi connectivity index (χ2n) is 4.40. The SMILES string of the molecule is CC[C@@H](CO)NC(=O)CNC(=O)c1ccc(C)cc1. The quantitative estimate of drug-likeness (QED) is 0.704. The molecule has 5 nitrogen and oxygen atoms in total. The Morgan fingerprint density at radius 2 is 1.89 bits per heavy atom. The van der Waals surface area contributed by atoms with Crippen LogP contribution in [0.5, 0.6) is 0 Å². The lowest BCUT2D eigenvalue weighted by molar-refractivity contribution is -0.121. The molecule has 0 aromatic heterocycles. The average Bonchev–Trinajstić information content (AvgIpc) is 2.43. The molecule has 0 aliphatic rings. The molecule has 0 aliphatic carbocycles. The topological polar surface area (TPSA) is 78.4 Å². The molecular formula is C14H20N2O3. The summed E-state index contributed by atoms with van der Waals surface area (Å²) in [6.07, 6.45) is 0.647. The van der Waals surface area contributed by atoms with E-state index in [0.717, 1.165) is 5.56 Å². The lowest BCUT2D eigenvalue weighted by Gasteiger charge is -2.14. The average molecular weight is 264 g/mol. The molecule has 0 heterocycles. The Bertz CT molecular complexity index is 425. The van der Waals surface area contributed by atoms with Crippen molar-refractivity contribution in [1.82, 2.24) is 10.6 Å². The number of nitrogens with one attached hydrogen (secondary N) is 2. The monoisotopic (exact) mass is 264 g/mol. The van der Waals surface area contributed by atoms with Gasteiger partial charge in [-0.05, 0) is 25.5 Å². The van der Waals surface area contributed by atoms with Gasteiger partial charge in [0.05, 0.1) is 19.2 Å². The van der Waals surface area contributed by atoms with E-state index in [4.69, 9.17) is 5.11 Å². The first kappa shape index (κ1) is 15.2. The van der Waals surface area contributed by atoms with E-state index in [2.05, 4.69) is 10.6 Å². The molecule has 2 amide bonds. The Hall–Kier alpha value is -1.88. The Balaban J connectivity index is 2.41. The number of hydrogen-bond donors (Lipinski definition) is 3. The van der Waals surface area contributed by atoms with Crippen LogP contribution in [-0.2, 0) is 4.79 Å².